The van der Waals surface area contributed by atoms with Crippen LogP contribution in [0.2, 0.25) is 0 Å². The monoisotopic (exact) mass is 260 g/mol. The largest absolute Gasteiger partial charge is 0.484 e. The first kappa shape index (κ1) is 15.0. The Balaban J connectivity index is 2.43. The maximum Gasteiger partial charge on any atom is 0.258 e. The van der Waals surface area contributed by atoms with Crippen LogP contribution in [0.4, 0.5) is 0 Å². The van der Waals surface area contributed by atoms with Gasteiger partial charge < -0.3 is 10.1 Å². The predicted molar refractivity (Wildman–Crippen MR) is 73.7 cm³/mol. The Morgan fingerprint density at radius 2 is 2.00 bits per heavy atom. The Labute approximate surface area is 114 Å². The summed E-state index contributed by atoms with van der Waals surface area (Å²) in [4.78, 5) is 11.7. The summed E-state index contributed by atoms with van der Waals surface area (Å²) in [7, 11) is 0. The lowest BCUT2D eigenvalue weighted by Gasteiger charge is -2.20. The molecule has 0 spiro atoms. The van der Waals surface area contributed by atoms with Crippen LogP contribution in [0.3, 0.4) is 0 Å². The van der Waals surface area contributed by atoms with Gasteiger partial charge in [-0.25, -0.2) is 0 Å². The topological polar surface area (TPSA) is 62.1 Å². The molecule has 4 heteroatoms. The number of nitriles is 1. The molecule has 102 valence electrons. The van der Waals surface area contributed by atoms with E-state index in [1.54, 1.807) is 24.3 Å². The molecule has 0 aliphatic heterocycles. The van der Waals surface area contributed by atoms with Crippen molar-refractivity contribution < 1.29 is 9.53 Å². The highest BCUT2D eigenvalue weighted by Crippen LogP contribution is 2.11. The maximum absolute atomic E-state index is 11.7. The Morgan fingerprint density at radius 3 is 2.47 bits per heavy atom. The molecule has 0 aliphatic carbocycles. The smallest absolute Gasteiger partial charge is 0.258 e. The molecule has 0 aromatic heterocycles. The van der Waals surface area contributed by atoms with E-state index in [1.165, 1.54) is 0 Å². The zero-order valence-electron chi connectivity index (χ0n) is 11.6. The quantitative estimate of drug-likeness (QED) is 0.854. The summed E-state index contributed by atoms with van der Waals surface area (Å²) >= 11 is 0. The van der Waals surface area contributed by atoms with Gasteiger partial charge in [0.15, 0.2) is 6.61 Å². The van der Waals surface area contributed by atoms with E-state index < -0.39 is 0 Å². The van der Waals surface area contributed by atoms with Crippen molar-refractivity contribution in [2.24, 2.45) is 5.92 Å². The Bertz CT molecular complexity index is 446. The molecule has 0 radical (unpaired) electrons. The molecule has 19 heavy (non-hydrogen) atoms. The SMILES string of the molecule is CCC(NC(=O)COc1ccc(C#N)cc1)C(C)C. The molecule has 1 aromatic carbocycles. The van der Waals surface area contributed by atoms with Crippen LogP contribution in [-0.4, -0.2) is 18.6 Å². The highest BCUT2D eigenvalue weighted by Gasteiger charge is 2.14. The maximum atomic E-state index is 11.7. The first-order valence-corrected chi connectivity index (χ1v) is 6.49. The average Bonchev–Trinajstić information content (AvgIpc) is 2.42. The summed E-state index contributed by atoms with van der Waals surface area (Å²) in [5.74, 6) is 0.875. The van der Waals surface area contributed by atoms with E-state index in [1.807, 2.05) is 13.0 Å². The van der Waals surface area contributed by atoms with Crippen molar-refractivity contribution in [3.63, 3.8) is 0 Å². The molecule has 0 fully saturated rings. The number of ether oxygens (including phenoxy) is 1. The fourth-order valence-corrected chi connectivity index (χ4v) is 1.76. The van der Waals surface area contributed by atoms with E-state index in [0.717, 1.165) is 6.42 Å². The lowest BCUT2D eigenvalue weighted by atomic mass is 10.0. The van der Waals surface area contributed by atoms with Gasteiger partial charge in [0, 0.05) is 6.04 Å². The zero-order chi connectivity index (χ0) is 14.3. The average molecular weight is 260 g/mol. The molecule has 1 atom stereocenters. The third kappa shape index (κ3) is 5.01. The molecule has 1 amide bonds. The van der Waals surface area contributed by atoms with E-state index in [0.29, 0.717) is 17.2 Å². The predicted octanol–water partition coefficient (Wildman–Crippen LogP) is 2.49. The van der Waals surface area contributed by atoms with Gasteiger partial charge in [-0.05, 0) is 36.6 Å². The van der Waals surface area contributed by atoms with Gasteiger partial charge in [0.25, 0.3) is 5.91 Å². The van der Waals surface area contributed by atoms with Gasteiger partial charge >= 0.3 is 0 Å². The fraction of sp³-hybridized carbons (Fsp3) is 0.467. The van der Waals surface area contributed by atoms with Crippen LogP contribution >= 0.6 is 0 Å². The lowest BCUT2D eigenvalue weighted by Crippen LogP contribution is -2.40. The number of hydrogen-bond donors (Lipinski definition) is 1. The van der Waals surface area contributed by atoms with Gasteiger partial charge in [-0.1, -0.05) is 20.8 Å². The third-order valence-electron chi connectivity index (χ3n) is 2.94. The third-order valence-corrected chi connectivity index (χ3v) is 2.94. The molecule has 1 aromatic rings. The molecule has 1 unspecified atom stereocenters. The van der Waals surface area contributed by atoms with Gasteiger partial charge in [-0.15, -0.1) is 0 Å². The second-order valence-corrected chi connectivity index (χ2v) is 4.75. The van der Waals surface area contributed by atoms with Gasteiger partial charge in [-0.3, -0.25) is 4.79 Å². The first-order valence-electron chi connectivity index (χ1n) is 6.49. The number of carbonyl (C=O) groups excluding carboxylic acids is 1. The van der Waals surface area contributed by atoms with E-state index in [2.05, 4.69) is 19.2 Å². The van der Waals surface area contributed by atoms with Crippen molar-refractivity contribution in [3.05, 3.63) is 29.8 Å². The Kier molecular flexibility index (Phi) is 5.87. The number of benzene rings is 1. The number of carbonyl (C=O) groups is 1. The van der Waals surface area contributed by atoms with E-state index in [-0.39, 0.29) is 18.6 Å². The Morgan fingerprint density at radius 1 is 1.37 bits per heavy atom. The highest BCUT2D eigenvalue weighted by molar-refractivity contribution is 5.77. The standard InChI is InChI=1S/C15H20N2O2/c1-4-14(11(2)3)17-15(18)10-19-13-7-5-12(9-16)6-8-13/h5-8,11,14H,4,10H2,1-3H3,(H,17,18). The summed E-state index contributed by atoms with van der Waals surface area (Å²) in [6, 6.07) is 8.91. The number of amides is 1. The molecule has 0 saturated heterocycles. The van der Waals surface area contributed by atoms with Crippen LogP contribution in [0, 0.1) is 17.2 Å². The summed E-state index contributed by atoms with van der Waals surface area (Å²) in [5.41, 5.74) is 0.572. The minimum absolute atomic E-state index is 0.00484. The van der Waals surface area contributed by atoms with Crippen LogP contribution in [-0.2, 0) is 4.79 Å². The molecule has 0 bridgehead atoms. The molecule has 0 heterocycles. The molecule has 0 aliphatic rings. The van der Waals surface area contributed by atoms with Crippen molar-refractivity contribution >= 4 is 5.91 Å². The summed E-state index contributed by atoms with van der Waals surface area (Å²) in [6.07, 6.45) is 0.903. The molecule has 0 saturated carbocycles. The summed E-state index contributed by atoms with van der Waals surface area (Å²) in [6.45, 7) is 6.20. The normalized spacial score (nSPS) is 11.7. The number of nitrogens with one attached hydrogen (secondary N) is 1. The summed E-state index contributed by atoms with van der Waals surface area (Å²) in [5, 5.41) is 11.6. The van der Waals surface area contributed by atoms with Crippen molar-refractivity contribution in [2.75, 3.05) is 6.61 Å². The second-order valence-electron chi connectivity index (χ2n) is 4.75. The Hall–Kier alpha value is -2.02. The molecule has 4 nitrogen and oxygen atoms in total. The van der Waals surface area contributed by atoms with Crippen LogP contribution in [0.15, 0.2) is 24.3 Å². The minimum Gasteiger partial charge on any atom is -0.484 e. The van der Waals surface area contributed by atoms with Crippen molar-refractivity contribution in [2.45, 2.75) is 33.2 Å². The van der Waals surface area contributed by atoms with Crippen molar-refractivity contribution in [3.8, 4) is 11.8 Å². The lowest BCUT2D eigenvalue weighted by molar-refractivity contribution is -0.124. The van der Waals surface area contributed by atoms with Gasteiger partial charge in [0.05, 0.1) is 11.6 Å². The van der Waals surface area contributed by atoms with E-state index >= 15 is 0 Å². The fourth-order valence-electron chi connectivity index (χ4n) is 1.76. The van der Waals surface area contributed by atoms with Crippen LogP contribution in [0.5, 0.6) is 5.75 Å². The molecule has 1 rings (SSSR count). The zero-order valence-corrected chi connectivity index (χ0v) is 11.6. The highest BCUT2D eigenvalue weighted by atomic mass is 16.5. The minimum atomic E-state index is -0.120. The van der Waals surface area contributed by atoms with Gasteiger partial charge in [0.2, 0.25) is 0 Å². The number of rotatable bonds is 6. The van der Waals surface area contributed by atoms with Crippen LogP contribution in [0.25, 0.3) is 0 Å². The van der Waals surface area contributed by atoms with Crippen molar-refractivity contribution in [1.29, 1.82) is 5.26 Å². The van der Waals surface area contributed by atoms with E-state index in [9.17, 15) is 4.79 Å². The van der Waals surface area contributed by atoms with Crippen LogP contribution in [0.1, 0.15) is 32.8 Å². The van der Waals surface area contributed by atoms with Crippen molar-refractivity contribution in [1.82, 2.24) is 5.32 Å². The van der Waals surface area contributed by atoms with Gasteiger partial charge in [-0.2, -0.15) is 5.26 Å². The number of nitrogens with zero attached hydrogens (tertiary/aromatic N) is 1. The summed E-state index contributed by atoms with van der Waals surface area (Å²) < 4.78 is 5.37. The molecular weight excluding hydrogens is 240 g/mol. The second kappa shape index (κ2) is 7.42. The van der Waals surface area contributed by atoms with E-state index in [4.69, 9.17) is 10.00 Å². The molecular formula is C15H20N2O2. The first-order chi connectivity index (χ1) is 9.06. The van der Waals surface area contributed by atoms with Crippen LogP contribution < -0.4 is 10.1 Å². The van der Waals surface area contributed by atoms with Gasteiger partial charge in [0.1, 0.15) is 5.75 Å². The molecule has 1 N–H and O–H groups in total. The number of hydrogen-bond acceptors (Lipinski definition) is 3.